The number of amides is 2. The molecule has 0 bridgehead atoms. The second-order valence-corrected chi connectivity index (χ2v) is 12.1. The quantitative estimate of drug-likeness (QED) is 0.0646. The maximum atomic E-state index is 12.0. The van der Waals surface area contributed by atoms with E-state index in [0.29, 0.717) is 13.1 Å². The second kappa shape index (κ2) is 33.1. The molecule has 39 heavy (non-hydrogen) atoms. The van der Waals surface area contributed by atoms with Gasteiger partial charge in [-0.05, 0) is 12.8 Å². The third kappa shape index (κ3) is 33.0. The van der Waals surface area contributed by atoms with Crippen LogP contribution in [0.5, 0.6) is 0 Å². The van der Waals surface area contributed by atoms with Crippen LogP contribution in [0.4, 0.5) is 0 Å². The van der Waals surface area contributed by atoms with Crippen LogP contribution in [0.1, 0.15) is 200 Å². The van der Waals surface area contributed by atoms with Gasteiger partial charge < -0.3 is 10.6 Å². The molecule has 4 heteroatoms. The topological polar surface area (TPSA) is 58.2 Å². The highest BCUT2D eigenvalue weighted by molar-refractivity contribution is 5.96. The van der Waals surface area contributed by atoms with Gasteiger partial charge in [0.1, 0.15) is 6.42 Å². The minimum absolute atomic E-state index is 0.0305. The third-order valence-corrected chi connectivity index (χ3v) is 8.03. The molecule has 0 unspecified atom stereocenters. The van der Waals surface area contributed by atoms with E-state index >= 15 is 0 Å². The molecule has 0 spiro atoms. The van der Waals surface area contributed by atoms with Crippen molar-refractivity contribution in [3.8, 4) is 0 Å². The minimum atomic E-state index is -0.136. The number of carbonyl (C=O) groups is 2. The van der Waals surface area contributed by atoms with E-state index in [4.69, 9.17) is 0 Å². The monoisotopic (exact) mass is 551 g/mol. The maximum absolute atomic E-state index is 12.0. The van der Waals surface area contributed by atoms with Gasteiger partial charge in [-0.25, -0.2) is 0 Å². The zero-order valence-corrected chi connectivity index (χ0v) is 26.7. The van der Waals surface area contributed by atoms with E-state index in [9.17, 15) is 9.59 Å². The lowest BCUT2D eigenvalue weighted by Crippen LogP contribution is -2.32. The molecule has 0 saturated heterocycles. The molecule has 0 saturated carbocycles. The van der Waals surface area contributed by atoms with E-state index in [1.54, 1.807) is 0 Å². The van der Waals surface area contributed by atoms with Gasteiger partial charge in [0.15, 0.2) is 0 Å². The largest absolute Gasteiger partial charge is 0.356 e. The third-order valence-electron chi connectivity index (χ3n) is 8.03. The molecular weight excluding hydrogens is 480 g/mol. The van der Waals surface area contributed by atoms with Crippen LogP contribution in [-0.4, -0.2) is 24.9 Å². The average Bonchev–Trinajstić information content (AvgIpc) is 2.93. The van der Waals surface area contributed by atoms with Gasteiger partial charge in [-0.2, -0.15) is 0 Å². The molecule has 0 aliphatic heterocycles. The molecule has 0 aliphatic carbocycles. The molecule has 0 heterocycles. The molecule has 4 nitrogen and oxygen atoms in total. The number of nitrogens with one attached hydrogen (secondary N) is 2. The zero-order valence-electron chi connectivity index (χ0n) is 26.7. The van der Waals surface area contributed by atoms with Gasteiger partial charge in [0.25, 0.3) is 0 Å². The molecule has 0 aromatic rings. The summed E-state index contributed by atoms with van der Waals surface area (Å²) in [4.78, 5) is 24.0. The molecule has 2 N–H and O–H groups in total. The van der Waals surface area contributed by atoms with Gasteiger partial charge in [-0.3, -0.25) is 9.59 Å². The highest BCUT2D eigenvalue weighted by atomic mass is 16.2. The predicted molar refractivity (Wildman–Crippen MR) is 171 cm³/mol. The van der Waals surface area contributed by atoms with Crippen molar-refractivity contribution in [1.29, 1.82) is 0 Å². The fraction of sp³-hybridized carbons (Fsp3) is 0.943. The van der Waals surface area contributed by atoms with E-state index < -0.39 is 0 Å². The molecular formula is C35H70N2O2. The SMILES string of the molecule is CCCCCCCCCCCCCCCCNC(=O)CC(=O)NCCCCCCCCCCCCCCCC. The van der Waals surface area contributed by atoms with Crippen LogP contribution in [0, 0.1) is 0 Å². The van der Waals surface area contributed by atoms with E-state index in [1.807, 2.05) is 0 Å². The fourth-order valence-electron chi connectivity index (χ4n) is 5.37. The molecule has 232 valence electrons. The number of rotatable bonds is 32. The van der Waals surface area contributed by atoms with Gasteiger partial charge in [-0.1, -0.05) is 181 Å². The lowest BCUT2D eigenvalue weighted by molar-refractivity contribution is -0.129. The van der Waals surface area contributed by atoms with Crippen molar-refractivity contribution < 1.29 is 9.59 Å². The fourth-order valence-corrected chi connectivity index (χ4v) is 5.37. The van der Waals surface area contributed by atoms with Crippen LogP contribution >= 0.6 is 0 Å². The van der Waals surface area contributed by atoms with Gasteiger partial charge in [0, 0.05) is 13.1 Å². The Bertz CT molecular complexity index is 465. The summed E-state index contributed by atoms with van der Waals surface area (Å²) in [6.07, 6.45) is 37.4. The summed E-state index contributed by atoms with van der Waals surface area (Å²) in [7, 11) is 0. The molecule has 0 aliphatic rings. The van der Waals surface area contributed by atoms with Gasteiger partial charge >= 0.3 is 0 Å². The summed E-state index contributed by atoms with van der Waals surface area (Å²) in [5.41, 5.74) is 0. The molecule has 0 aromatic carbocycles. The highest BCUT2D eigenvalue weighted by Gasteiger charge is 2.08. The standard InChI is InChI=1S/C35H70N2O2/c1-3-5-7-9-11-13-15-17-19-21-23-25-27-29-31-36-34(38)33-35(39)37-32-30-28-26-24-22-20-18-16-14-12-10-8-6-4-2/h3-33H2,1-2H3,(H,36,38)(H,37,39). The number of carbonyl (C=O) groups excluding carboxylic acids is 2. The van der Waals surface area contributed by atoms with Crippen molar-refractivity contribution in [2.75, 3.05) is 13.1 Å². The van der Waals surface area contributed by atoms with Crippen molar-refractivity contribution in [3.05, 3.63) is 0 Å². The van der Waals surface area contributed by atoms with Crippen LogP contribution in [0.3, 0.4) is 0 Å². The number of hydrogen-bond donors (Lipinski definition) is 2. The Morgan fingerprint density at radius 3 is 0.769 bits per heavy atom. The average molecular weight is 551 g/mol. The van der Waals surface area contributed by atoms with Crippen LogP contribution in [0.2, 0.25) is 0 Å². The summed E-state index contributed by atoms with van der Waals surface area (Å²) in [6, 6.07) is 0. The Balaban J connectivity index is 3.27. The van der Waals surface area contributed by atoms with Gasteiger partial charge in [-0.15, -0.1) is 0 Å². The van der Waals surface area contributed by atoms with Crippen LogP contribution in [0.25, 0.3) is 0 Å². The van der Waals surface area contributed by atoms with Crippen LogP contribution in [-0.2, 0) is 9.59 Å². The lowest BCUT2D eigenvalue weighted by Gasteiger charge is -2.07. The molecule has 2 amide bonds. The molecule has 0 radical (unpaired) electrons. The molecule has 0 aromatic heterocycles. The zero-order chi connectivity index (χ0) is 28.5. The van der Waals surface area contributed by atoms with Crippen molar-refractivity contribution in [2.45, 2.75) is 200 Å². The number of unbranched alkanes of at least 4 members (excludes halogenated alkanes) is 26. The van der Waals surface area contributed by atoms with E-state index in [2.05, 4.69) is 24.5 Å². The molecule has 0 atom stereocenters. The summed E-state index contributed by atoms with van der Waals surface area (Å²) in [5, 5.41) is 5.82. The van der Waals surface area contributed by atoms with E-state index in [1.165, 1.54) is 167 Å². The smallest absolute Gasteiger partial charge is 0.229 e. The Hall–Kier alpha value is -1.06. The second-order valence-electron chi connectivity index (χ2n) is 12.1. The number of hydrogen-bond acceptors (Lipinski definition) is 2. The Kier molecular flexibility index (Phi) is 32.2. The van der Waals surface area contributed by atoms with Crippen molar-refractivity contribution >= 4 is 11.8 Å². The first kappa shape index (κ1) is 37.9. The summed E-state index contributed by atoms with van der Waals surface area (Å²) >= 11 is 0. The predicted octanol–water partition coefficient (Wildman–Crippen LogP) is 10.6. The van der Waals surface area contributed by atoms with E-state index in [0.717, 1.165) is 12.8 Å². The first-order chi connectivity index (χ1) is 19.2. The molecule has 0 rings (SSSR count). The summed E-state index contributed by atoms with van der Waals surface area (Å²) in [6.45, 7) is 5.95. The minimum Gasteiger partial charge on any atom is -0.356 e. The molecule has 0 fully saturated rings. The Labute approximate surface area is 245 Å². The first-order valence-electron chi connectivity index (χ1n) is 17.7. The lowest BCUT2D eigenvalue weighted by atomic mass is 10.0. The van der Waals surface area contributed by atoms with Crippen LogP contribution in [0.15, 0.2) is 0 Å². The van der Waals surface area contributed by atoms with Gasteiger partial charge in [0.2, 0.25) is 11.8 Å². The van der Waals surface area contributed by atoms with Gasteiger partial charge in [0.05, 0.1) is 0 Å². The maximum Gasteiger partial charge on any atom is 0.229 e. The highest BCUT2D eigenvalue weighted by Crippen LogP contribution is 2.14. The van der Waals surface area contributed by atoms with Crippen molar-refractivity contribution in [2.24, 2.45) is 0 Å². The first-order valence-corrected chi connectivity index (χ1v) is 17.7. The normalized spacial score (nSPS) is 11.1. The summed E-state index contributed by atoms with van der Waals surface area (Å²) in [5.74, 6) is -0.272. The van der Waals surface area contributed by atoms with Crippen molar-refractivity contribution in [3.63, 3.8) is 0 Å². The van der Waals surface area contributed by atoms with Crippen LogP contribution < -0.4 is 10.6 Å². The Morgan fingerprint density at radius 1 is 0.333 bits per heavy atom. The van der Waals surface area contributed by atoms with Crippen molar-refractivity contribution in [1.82, 2.24) is 10.6 Å². The van der Waals surface area contributed by atoms with E-state index in [-0.39, 0.29) is 18.2 Å². The Morgan fingerprint density at radius 2 is 0.538 bits per heavy atom. The summed E-state index contributed by atoms with van der Waals surface area (Å²) < 4.78 is 0.